The summed E-state index contributed by atoms with van der Waals surface area (Å²) in [4.78, 5) is 2.43. The summed E-state index contributed by atoms with van der Waals surface area (Å²) in [6.07, 6.45) is 1.21. The normalized spacial score (nSPS) is 14.3. The molecule has 3 nitrogen and oxygen atoms in total. The van der Waals surface area contributed by atoms with Crippen molar-refractivity contribution in [2.75, 3.05) is 26.7 Å². The maximum absolute atomic E-state index is 6.41. The molecule has 0 aliphatic rings. The number of hydrogen-bond donors (Lipinski definition) is 1. The fourth-order valence-electron chi connectivity index (χ4n) is 2.42. The molecule has 0 aliphatic carbocycles. The Bertz CT molecular complexity index is 406. The number of methoxy groups -OCH3 is 1. The standard InChI is InChI=1S/C17H30N2O/c1-6-13(3)11-19(7-2)12-16(18)15-10-14(4)8-9-17(15)20-5/h8-10,13,16H,6-7,11-12,18H2,1-5H3. The summed E-state index contributed by atoms with van der Waals surface area (Å²) >= 11 is 0. The molecule has 0 spiro atoms. The number of nitrogens with zero attached hydrogens (tertiary/aromatic N) is 1. The largest absolute Gasteiger partial charge is 0.496 e. The predicted molar refractivity (Wildman–Crippen MR) is 86.2 cm³/mol. The number of rotatable bonds is 8. The number of nitrogens with two attached hydrogens (primary N) is 1. The minimum atomic E-state index is -0.00569. The molecule has 0 heterocycles. The average molecular weight is 278 g/mol. The molecule has 2 unspecified atom stereocenters. The lowest BCUT2D eigenvalue weighted by Crippen LogP contribution is -2.35. The zero-order chi connectivity index (χ0) is 15.1. The topological polar surface area (TPSA) is 38.5 Å². The molecular weight excluding hydrogens is 248 g/mol. The molecule has 20 heavy (non-hydrogen) atoms. The van der Waals surface area contributed by atoms with Gasteiger partial charge in [-0.3, -0.25) is 0 Å². The highest BCUT2D eigenvalue weighted by molar-refractivity contribution is 5.39. The van der Waals surface area contributed by atoms with Crippen LogP contribution in [0.25, 0.3) is 0 Å². The van der Waals surface area contributed by atoms with Gasteiger partial charge in [0, 0.05) is 24.7 Å². The van der Waals surface area contributed by atoms with E-state index in [1.165, 1.54) is 12.0 Å². The zero-order valence-electron chi connectivity index (χ0n) is 13.6. The SMILES string of the molecule is CCC(C)CN(CC)CC(N)c1cc(C)ccc1OC. The maximum Gasteiger partial charge on any atom is 0.123 e. The van der Waals surface area contributed by atoms with E-state index in [4.69, 9.17) is 10.5 Å². The Hall–Kier alpha value is -1.06. The van der Waals surface area contributed by atoms with Crippen LogP contribution in [-0.4, -0.2) is 31.6 Å². The molecule has 3 heteroatoms. The van der Waals surface area contributed by atoms with Crippen LogP contribution in [0.1, 0.15) is 44.4 Å². The smallest absolute Gasteiger partial charge is 0.123 e. The minimum Gasteiger partial charge on any atom is -0.496 e. The molecule has 1 aromatic carbocycles. The Kier molecular flexibility index (Phi) is 7.03. The molecule has 114 valence electrons. The van der Waals surface area contributed by atoms with Crippen LogP contribution in [0.4, 0.5) is 0 Å². The van der Waals surface area contributed by atoms with Gasteiger partial charge in [0.1, 0.15) is 5.75 Å². The van der Waals surface area contributed by atoms with Crippen molar-refractivity contribution in [2.45, 2.75) is 40.2 Å². The van der Waals surface area contributed by atoms with Gasteiger partial charge in [0.15, 0.2) is 0 Å². The molecule has 1 aromatic rings. The highest BCUT2D eigenvalue weighted by Crippen LogP contribution is 2.25. The van der Waals surface area contributed by atoms with Crippen molar-refractivity contribution in [1.82, 2.24) is 4.90 Å². The molecule has 2 atom stereocenters. The fourth-order valence-corrected chi connectivity index (χ4v) is 2.42. The molecule has 0 radical (unpaired) electrons. The molecule has 0 saturated heterocycles. The molecule has 0 bridgehead atoms. The van der Waals surface area contributed by atoms with E-state index in [2.05, 4.69) is 44.7 Å². The Morgan fingerprint density at radius 3 is 2.50 bits per heavy atom. The lowest BCUT2D eigenvalue weighted by Gasteiger charge is -2.27. The van der Waals surface area contributed by atoms with Crippen molar-refractivity contribution < 1.29 is 4.74 Å². The Labute approximate surface area is 124 Å². The van der Waals surface area contributed by atoms with Crippen LogP contribution < -0.4 is 10.5 Å². The number of ether oxygens (including phenoxy) is 1. The molecule has 2 N–H and O–H groups in total. The third-order valence-corrected chi connectivity index (χ3v) is 3.95. The van der Waals surface area contributed by atoms with Crippen molar-refractivity contribution >= 4 is 0 Å². The maximum atomic E-state index is 6.41. The second kappa shape index (κ2) is 8.28. The van der Waals surface area contributed by atoms with E-state index in [1.54, 1.807) is 7.11 Å². The lowest BCUT2D eigenvalue weighted by molar-refractivity contribution is 0.231. The fraction of sp³-hybridized carbons (Fsp3) is 0.647. The van der Waals surface area contributed by atoms with E-state index in [9.17, 15) is 0 Å². The number of likely N-dealkylation sites (N-methyl/N-ethyl adjacent to an activating group) is 1. The third kappa shape index (κ3) is 4.80. The first kappa shape index (κ1) is 17.0. The van der Waals surface area contributed by atoms with Gasteiger partial charge in [-0.25, -0.2) is 0 Å². The first-order valence-electron chi connectivity index (χ1n) is 7.64. The molecule has 0 amide bonds. The van der Waals surface area contributed by atoms with Crippen LogP contribution in [-0.2, 0) is 0 Å². The predicted octanol–water partition coefficient (Wildman–Crippen LogP) is 3.37. The second-order valence-corrected chi connectivity index (χ2v) is 5.72. The van der Waals surface area contributed by atoms with Crippen LogP contribution in [0.15, 0.2) is 18.2 Å². The minimum absolute atomic E-state index is 0.00569. The number of aryl methyl sites for hydroxylation is 1. The van der Waals surface area contributed by atoms with Crippen LogP contribution in [0.2, 0.25) is 0 Å². The first-order valence-corrected chi connectivity index (χ1v) is 7.64. The van der Waals surface area contributed by atoms with E-state index >= 15 is 0 Å². The molecule has 0 fully saturated rings. The summed E-state index contributed by atoms with van der Waals surface area (Å²) in [7, 11) is 1.71. The van der Waals surface area contributed by atoms with Gasteiger partial charge >= 0.3 is 0 Å². The van der Waals surface area contributed by atoms with E-state index in [0.717, 1.165) is 30.9 Å². The van der Waals surface area contributed by atoms with Crippen LogP contribution >= 0.6 is 0 Å². The quantitative estimate of drug-likeness (QED) is 0.792. The van der Waals surface area contributed by atoms with Gasteiger partial charge in [-0.2, -0.15) is 0 Å². The van der Waals surface area contributed by atoms with Crippen LogP contribution in [0.3, 0.4) is 0 Å². The van der Waals surface area contributed by atoms with Crippen molar-refractivity contribution in [3.05, 3.63) is 29.3 Å². The Balaban J connectivity index is 2.78. The van der Waals surface area contributed by atoms with Crippen molar-refractivity contribution in [3.8, 4) is 5.75 Å². The summed E-state index contributed by atoms with van der Waals surface area (Å²) in [6.45, 7) is 11.8. The molecule has 0 aliphatic heterocycles. The van der Waals surface area contributed by atoms with Gasteiger partial charge in [-0.05, 0) is 25.5 Å². The molecule has 1 rings (SSSR count). The molecule has 0 aromatic heterocycles. The molecular formula is C17H30N2O. The van der Waals surface area contributed by atoms with Crippen molar-refractivity contribution in [1.29, 1.82) is 0 Å². The highest BCUT2D eigenvalue weighted by Gasteiger charge is 2.16. The number of benzene rings is 1. The Morgan fingerprint density at radius 2 is 1.95 bits per heavy atom. The summed E-state index contributed by atoms with van der Waals surface area (Å²) in [5.41, 5.74) is 8.74. The van der Waals surface area contributed by atoms with E-state index in [1.807, 2.05) is 6.07 Å². The van der Waals surface area contributed by atoms with E-state index in [-0.39, 0.29) is 6.04 Å². The van der Waals surface area contributed by atoms with Gasteiger partial charge in [-0.1, -0.05) is 44.9 Å². The Morgan fingerprint density at radius 1 is 1.25 bits per heavy atom. The van der Waals surface area contributed by atoms with Gasteiger partial charge in [0.25, 0.3) is 0 Å². The third-order valence-electron chi connectivity index (χ3n) is 3.95. The van der Waals surface area contributed by atoms with Gasteiger partial charge in [0.05, 0.1) is 7.11 Å². The highest BCUT2D eigenvalue weighted by atomic mass is 16.5. The van der Waals surface area contributed by atoms with Crippen molar-refractivity contribution in [2.24, 2.45) is 11.7 Å². The summed E-state index contributed by atoms with van der Waals surface area (Å²) in [6, 6.07) is 6.20. The van der Waals surface area contributed by atoms with Gasteiger partial charge < -0.3 is 15.4 Å². The summed E-state index contributed by atoms with van der Waals surface area (Å²) < 4.78 is 5.44. The van der Waals surface area contributed by atoms with Crippen LogP contribution in [0.5, 0.6) is 5.75 Å². The van der Waals surface area contributed by atoms with E-state index in [0.29, 0.717) is 5.92 Å². The summed E-state index contributed by atoms with van der Waals surface area (Å²) in [5.74, 6) is 1.60. The van der Waals surface area contributed by atoms with E-state index < -0.39 is 0 Å². The second-order valence-electron chi connectivity index (χ2n) is 5.72. The van der Waals surface area contributed by atoms with Gasteiger partial charge in [0.2, 0.25) is 0 Å². The first-order chi connectivity index (χ1) is 9.51. The van der Waals surface area contributed by atoms with Gasteiger partial charge in [-0.15, -0.1) is 0 Å². The van der Waals surface area contributed by atoms with Crippen molar-refractivity contribution in [3.63, 3.8) is 0 Å². The molecule has 0 saturated carbocycles. The average Bonchev–Trinajstić information content (AvgIpc) is 2.45. The monoisotopic (exact) mass is 278 g/mol. The number of hydrogen-bond acceptors (Lipinski definition) is 3. The zero-order valence-corrected chi connectivity index (χ0v) is 13.6. The lowest BCUT2D eigenvalue weighted by atomic mass is 10.0. The van der Waals surface area contributed by atoms with Crippen LogP contribution in [0, 0.1) is 12.8 Å². The summed E-state index contributed by atoms with van der Waals surface area (Å²) in [5, 5.41) is 0.